The first-order valence-corrected chi connectivity index (χ1v) is 12.2. The molecule has 0 aliphatic rings. The van der Waals surface area contributed by atoms with Crippen molar-refractivity contribution in [2.24, 2.45) is 22.7 Å². The van der Waals surface area contributed by atoms with Crippen LogP contribution < -0.4 is 0 Å². The molecule has 1 nitrogen and oxygen atoms in total. The fourth-order valence-electron chi connectivity index (χ4n) is 4.79. The Morgan fingerprint density at radius 3 is 1.26 bits per heavy atom. The molecule has 0 aromatic heterocycles. The van der Waals surface area contributed by atoms with Crippen LogP contribution in [0.4, 0.5) is 0 Å². The second-order valence-electron chi connectivity index (χ2n) is 11.2. The molecule has 1 N–H and O–H groups in total. The quantitative estimate of drug-likeness (QED) is 0.280. The molecule has 0 fully saturated rings. The predicted molar refractivity (Wildman–Crippen MR) is 123 cm³/mol. The van der Waals surface area contributed by atoms with E-state index in [4.69, 9.17) is 0 Å². The van der Waals surface area contributed by atoms with E-state index in [0.29, 0.717) is 11.8 Å². The first kappa shape index (κ1) is 27.0. The van der Waals surface area contributed by atoms with Gasteiger partial charge >= 0.3 is 0 Å². The Morgan fingerprint density at radius 2 is 0.926 bits per heavy atom. The highest BCUT2D eigenvalue weighted by molar-refractivity contribution is 4.88. The summed E-state index contributed by atoms with van der Waals surface area (Å²) in [5, 5.41) is 11.2. The number of aliphatic hydroxyl groups excluding tert-OH is 1. The molecular weight excluding hydrogens is 328 g/mol. The van der Waals surface area contributed by atoms with Gasteiger partial charge in [-0.15, -0.1) is 0 Å². The van der Waals surface area contributed by atoms with E-state index in [0.717, 1.165) is 6.42 Å². The molecule has 0 heterocycles. The number of hydrogen-bond donors (Lipinski definition) is 1. The lowest BCUT2D eigenvalue weighted by Gasteiger charge is -2.43. The smallest absolute Gasteiger partial charge is 0.0606 e. The third kappa shape index (κ3) is 12.2. The van der Waals surface area contributed by atoms with E-state index in [-0.39, 0.29) is 16.9 Å². The summed E-state index contributed by atoms with van der Waals surface area (Å²) >= 11 is 0. The van der Waals surface area contributed by atoms with Crippen LogP contribution in [0.3, 0.4) is 0 Å². The van der Waals surface area contributed by atoms with Gasteiger partial charge in [-0.05, 0) is 29.1 Å². The maximum Gasteiger partial charge on any atom is 0.0606 e. The highest BCUT2D eigenvalue weighted by Crippen LogP contribution is 2.41. The summed E-state index contributed by atoms with van der Waals surface area (Å²) in [6.45, 7) is 18.3. The second-order valence-corrected chi connectivity index (χ2v) is 11.2. The average molecular weight is 383 g/mol. The minimum absolute atomic E-state index is 0.175. The first-order chi connectivity index (χ1) is 12.6. The zero-order valence-electron chi connectivity index (χ0n) is 20.4. The Labute approximate surface area is 173 Å². The normalized spacial score (nSPS) is 16.3. The van der Waals surface area contributed by atoms with Crippen LogP contribution in [0.2, 0.25) is 0 Å². The van der Waals surface area contributed by atoms with Crippen LogP contribution in [-0.2, 0) is 0 Å². The maximum absolute atomic E-state index is 11.2. The van der Waals surface area contributed by atoms with Gasteiger partial charge in [-0.25, -0.2) is 0 Å². The monoisotopic (exact) mass is 382 g/mol. The molecule has 0 aromatic carbocycles. The van der Waals surface area contributed by atoms with Crippen molar-refractivity contribution in [3.63, 3.8) is 0 Å². The van der Waals surface area contributed by atoms with Gasteiger partial charge in [-0.2, -0.15) is 0 Å². The van der Waals surface area contributed by atoms with E-state index in [1.807, 2.05) is 0 Å². The maximum atomic E-state index is 11.2. The standard InChI is InChI=1S/C26H54O/c1-9-11-12-13-14-15-16-17-18-19-20-21-23(26(6,7)8)24(27)22(10-2)25(3,4)5/h22-24,27H,9-21H2,1-8H3. The van der Waals surface area contributed by atoms with Gasteiger partial charge in [0.15, 0.2) is 0 Å². The molecular formula is C26H54O. The number of unbranched alkanes of at least 4 members (excludes halogenated alkanes) is 10. The lowest BCUT2D eigenvalue weighted by atomic mass is 9.65. The van der Waals surface area contributed by atoms with Crippen LogP contribution in [0.5, 0.6) is 0 Å². The molecule has 1 heteroatoms. The van der Waals surface area contributed by atoms with Crippen molar-refractivity contribution in [2.45, 2.75) is 145 Å². The molecule has 0 rings (SSSR count). The average Bonchev–Trinajstić information content (AvgIpc) is 2.53. The van der Waals surface area contributed by atoms with E-state index in [2.05, 4.69) is 55.4 Å². The third-order valence-electron chi connectivity index (χ3n) is 6.61. The van der Waals surface area contributed by atoms with Crippen LogP contribution in [0, 0.1) is 22.7 Å². The van der Waals surface area contributed by atoms with Crippen molar-refractivity contribution in [1.82, 2.24) is 0 Å². The minimum atomic E-state index is -0.182. The zero-order chi connectivity index (χ0) is 20.9. The van der Waals surface area contributed by atoms with Gasteiger partial charge < -0.3 is 5.11 Å². The highest BCUT2D eigenvalue weighted by atomic mass is 16.3. The molecule has 27 heavy (non-hydrogen) atoms. The van der Waals surface area contributed by atoms with E-state index >= 15 is 0 Å². The Hall–Kier alpha value is -0.0400. The van der Waals surface area contributed by atoms with Crippen LogP contribution in [-0.4, -0.2) is 11.2 Å². The van der Waals surface area contributed by atoms with Gasteiger partial charge in [-0.1, -0.05) is 132 Å². The van der Waals surface area contributed by atoms with E-state index in [1.54, 1.807) is 0 Å². The van der Waals surface area contributed by atoms with Gasteiger partial charge in [0.05, 0.1) is 6.10 Å². The Morgan fingerprint density at radius 1 is 0.556 bits per heavy atom. The molecule has 0 aliphatic carbocycles. The van der Waals surface area contributed by atoms with Crippen LogP contribution in [0.15, 0.2) is 0 Å². The van der Waals surface area contributed by atoms with Crippen molar-refractivity contribution in [3.8, 4) is 0 Å². The fraction of sp³-hybridized carbons (Fsp3) is 1.00. The summed E-state index contributed by atoms with van der Waals surface area (Å²) in [5.41, 5.74) is 0.353. The van der Waals surface area contributed by atoms with E-state index in [1.165, 1.54) is 77.0 Å². The number of rotatable bonds is 15. The van der Waals surface area contributed by atoms with Crippen LogP contribution in [0.25, 0.3) is 0 Å². The number of hydrogen-bond acceptors (Lipinski definition) is 1. The van der Waals surface area contributed by atoms with Crippen LogP contribution in [0.1, 0.15) is 139 Å². The lowest BCUT2D eigenvalue weighted by Crippen LogP contribution is -2.42. The Balaban J connectivity index is 4.17. The van der Waals surface area contributed by atoms with Crippen molar-refractivity contribution in [2.75, 3.05) is 0 Å². The molecule has 0 saturated carbocycles. The summed E-state index contributed by atoms with van der Waals surface area (Å²) in [6, 6.07) is 0. The molecule has 3 unspecified atom stereocenters. The molecule has 3 atom stereocenters. The molecule has 0 radical (unpaired) electrons. The molecule has 0 bridgehead atoms. The summed E-state index contributed by atoms with van der Waals surface area (Å²) < 4.78 is 0. The van der Waals surface area contributed by atoms with Gasteiger partial charge in [0.1, 0.15) is 0 Å². The first-order valence-electron chi connectivity index (χ1n) is 12.2. The summed E-state index contributed by atoms with van der Waals surface area (Å²) in [6.07, 6.45) is 17.3. The summed E-state index contributed by atoms with van der Waals surface area (Å²) in [5.74, 6) is 0.787. The van der Waals surface area contributed by atoms with Crippen molar-refractivity contribution < 1.29 is 5.11 Å². The zero-order valence-corrected chi connectivity index (χ0v) is 20.4. The predicted octanol–water partition coefficient (Wildman–Crippen LogP) is 8.78. The largest absolute Gasteiger partial charge is 0.393 e. The summed E-state index contributed by atoms with van der Waals surface area (Å²) in [4.78, 5) is 0. The van der Waals surface area contributed by atoms with Crippen LogP contribution >= 0.6 is 0 Å². The van der Waals surface area contributed by atoms with E-state index < -0.39 is 0 Å². The third-order valence-corrected chi connectivity index (χ3v) is 6.61. The Kier molecular flexibility index (Phi) is 14.0. The molecule has 0 aromatic rings. The molecule has 164 valence electrons. The molecule has 0 aliphatic heterocycles. The molecule has 0 saturated heterocycles. The van der Waals surface area contributed by atoms with Crippen molar-refractivity contribution in [3.05, 3.63) is 0 Å². The second kappa shape index (κ2) is 14.0. The SMILES string of the molecule is CCCCCCCCCCCCCC(C(O)C(CC)C(C)(C)C)C(C)(C)C. The van der Waals surface area contributed by atoms with Gasteiger partial charge in [0.2, 0.25) is 0 Å². The fourth-order valence-corrected chi connectivity index (χ4v) is 4.79. The van der Waals surface area contributed by atoms with Gasteiger partial charge in [0.25, 0.3) is 0 Å². The molecule has 0 amide bonds. The van der Waals surface area contributed by atoms with Gasteiger partial charge in [0, 0.05) is 0 Å². The van der Waals surface area contributed by atoms with Crippen molar-refractivity contribution in [1.29, 1.82) is 0 Å². The van der Waals surface area contributed by atoms with Gasteiger partial charge in [-0.3, -0.25) is 0 Å². The topological polar surface area (TPSA) is 20.2 Å². The number of aliphatic hydroxyl groups is 1. The molecule has 0 spiro atoms. The minimum Gasteiger partial charge on any atom is -0.393 e. The highest BCUT2D eigenvalue weighted by Gasteiger charge is 2.39. The van der Waals surface area contributed by atoms with E-state index in [9.17, 15) is 5.11 Å². The van der Waals surface area contributed by atoms with Crippen molar-refractivity contribution >= 4 is 0 Å². The lowest BCUT2D eigenvalue weighted by molar-refractivity contribution is -0.0424. The summed E-state index contributed by atoms with van der Waals surface area (Å²) in [7, 11) is 0. The Bertz CT molecular complexity index is 333.